The van der Waals surface area contributed by atoms with E-state index in [0.717, 1.165) is 15.6 Å². The molecule has 0 radical (unpaired) electrons. The molecule has 1 heterocycles. The number of benzene rings is 2. The van der Waals surface area contributed by atoms with Crippen LogP contribution >= 0.6 is 22.6 Å². The Kier molecular flexibility index (Phi) is 3.56. The number of rotatable bonds is 2. The number of nitrogens with one attached hydrogen (secondary N) is 1. The second kappa shape index (κ2) is 5.36. The number of halogens is 1. The molecule has 1 amide bonds. The Labute approximate surface area is 130 Å². The summed E-state index contributed by atoms with van der Waals surface area (Å²) >= 11 is 2.18. The van der Waals surface area contributed by atoms with Gasteiger partial charge in [-0.25, -0.2) is 0 Å². The third-order valence-corrected chi connectivity index (χ3v) is 4.05. The number of carbonyl (C=O) groups is 2. The van der Waals surface area contributed by atoms with Gasteiger partial charge in [0.05, 0.1) is 0 Å². The van der Waals surface area contributed by atoms with Crippen molar-refractivity contribution in [3.63, 3.8) is 0 Å². The van der Waals surface area contributed by atoms with Crippen LogP contribution in [0.15, 0.2) is 42.5 Å². The van der Waals surface area contributed by atoms with Gasteiger partial charge in [0.15, 0.2) is 5.78 Å². The van der Waals surface area contributed by atoms with Crippen LogP contribution in [0, 0.1) is 3.57 Å². The fraction of sp³-hybridized carbons (Fsp3) is 0.125. The van der Waals surface area contributed by atoms with E-state index in [4.69, 9.17) is 0 Å². The molecule has 4 heteroatoms. The van der Waals surface area contributed by atoms with E-state index < -0.39 is 0 Å². The molecule has 0 bridgehead atoms. The molecule has 1 N–H and O–H groups in total. The molecule has 2 aromatic carbocycles. The summed E-state index contributed by atoms with van der Waals surface area (Å²) in [6, 6.07) is 12.8. The molecule has 0 fully saturated rings. The standard InChI is InChI=1S/C16H12INO2/c17-13-3-1-2-11(8-13)15(19)12-5-4-10-6-7-18-16(20)14(10)9-12/h1-5,8-9H,6-7H2,(H,18,20). The van der Waals surface area contributed by atoms with E-state index in [1.54, 1.807) is 18.2 Å². The summed E-state index contributed by atoms with van der Waals surface area (Å²) in [5.41, 5.74) is 2.83. The van der Waals surface area contributed by atoms with E-state index in [1.807, 2.05) is 24.3 Å². The largest absolute Gasteiger partial charge is 0.352 e. The van der Waals surface area contributed by atoms with Crippen molar-refractivity contribution in [3.05, 3.63) is 68.3 Å². The third-order valence-electron chi connectivity index (χ3n) is 3.38. The molecule has 0 spiro atoms. The highest BCUT2D eigenvalue weighted by Crippen LogP contribution is 2.19. The average molecular weight is 377 g/mol. The fourth-order valence-corrected chi connectivity index (χ4v) is 2.89. The second-order valence-corrected chi connectivity index (χ2v) is 5.96. The molecular weight excluding hydrogens is 365 g/mol. The SMILES string of the molecule is O=C(c1cccc(I)c1)c1ccc2c(c1)C(=O)NCC2. The van der Waals surface area contributed by atoms with Crippen molar-refractivity contribution in [1.82, 2.24) is 5.32 Å². The summed E-state index contributed by atoms with van der Waals surface area (Å²) in [5, 5.41) is 2.80. The topological polar surface area (TPSA) is 46.2 Å². The summed E-state index contributed by atoms with van der Waals surface area (Å²) in [5.74, 6) is -0.145. The number of fused-ring (bicyclic) bond motifs is 1. The summed E-state index contributed by atoms with van der Waals surface area (Å²) in [6.07, 6.45) is 0.818. The van der Waals surface area contributed by atoms with E-state index in [-0.39, 0.29) is 11.7 Å². The maximum Gasteiger partial charge on any atom is 0.251 e. The summed E-state index contributed by atoms with van der Waals surface area (Å²) < 4.78 is 1.02. The molecule has 0 atom stereocenters. The predicted octanol–water partition coefficient (Wildman–Crippen LogP) is 2.81. The van der Waals surface area contributed by atoms with Crippen LogP contribution in [0.1, 0.15) is 31.8 Å². The van der Waals surface area contributed by atoms with Gasteiger partial charge in [-0.2, -0.15) is 0 Å². The highest BCUT2D eigenvalue weighted by atomic mass is 127. The minimum atomic E-state index is -0.0939. The van der Waals surface area contributed by atoms with Gasteiger partial charge in [-0.3, -0.25) is 9.59 Å². The third kappa shape index (κ3) is 2.47. The summed E-state index contributed by atoms with van der Waals surface area (Å²) in [6.45, 7) is 0.663. The summed E-state index contributed by atoms with van der Waals surface area (Å²) in [4.78, 5) is 24.3. The minimum absolute atomic E-state index is 0.0512. The van der Waals surface area contributed by atoms with Gasteiger partial charge < -0.3 is 5.32 Å². The van der Waals surface area contributed by atoms with Crippen LogP contribution in [0.3, 0.4) is 0 Å². The lowest BCUT2D eigenvalue weighted by atomic mass is 9.94. The maximum atomic E-state index is 12.5. The molecule has 1 aliphatic heterocycles. The molecule has 20 heavy (non-hydrogen) atoms. The van der Waals surface area contributed by atoms with E-state index in [9.17, 15) is 9.59 Å². The molecule has 100 valence electrons. The van der Waals surface area contributed by atoms with E-state index in [1.165, 1.54) is 0 Å². The molecule has 3 rings (SSSR count). The maximum absolute atomic E-state index is 12.5. The second-order valence-electron chi connectivity index (χ2n) is 4.72. The first-order valence-corrected chi connectivity index (χ1v) is 7.44. The first-order chi connectivity index (χ1) is 9.65. The molecule has 1 aliphatic rings. The Hall–Kier alpha value is -1.69. The van der Waals surface area contributed by atoms with E-state index >= 15 is 0 Å². The van der Waals surface area contributed by atoms with Crippen LogP contribution in [-0.4, -0.2) is 18.2 Å². The van der Waals surface area contributed by atoms with Crippen LogP contribution in [0.5, 0.6) is 0 Å². The highest BCUT2D eigenvalue weighted by Gasteiger charge is 2.19. The van der Waals surface area contributed by atoms with Gasteiger partial charge >= 0.3 is 0 Å². The Morgan fingerprint density at radius 1 is 1.10 bits per heavy atom. The normalized spacial score (nSPS) is 13.6. The van der Waals surface area contributed by atoms with Crippen molar-refractivity contribution < 1.29 is 9.59 Å². The van der Waals surface area contributed by atoms with Gasteiger partial charge in [0.2, 0.25) is 0 Å². The zero-order valence-electron chi connectivity index (χ0n) is 10.7. The first-order valence-electron chi connectivity index (χ1n) is 6.36. The van der Waals surface area contributed by atoms with Crippen LogP contribution in [0.4, 0.5) is 0 Å². The number of carbonyl (C=O) groups excluding carboxylic acids is 2. The zero-order chi connectivity index (χ0) is 14.1. The van der Waals surface area contributed by atoms with Crippen molar-refractivity contribution in [2.24, 2.45) is 0 Å². The molecule has 0 saturated heterocycles. The summed E-state index contributed by atoms with van der Waals surface area (Å²) in [7, 11) is 0. The highest BCUT2D eigenvalue weighted by molar-refractivity contribution is 14.1. The van der Waals surface area contributed by atoms with Crippen molar-refractivity contribution in [2.75, 3.05) is 6.54 Å². The lowest BCUT2D eigenvalue weighted by molar-refractivity contribution is 0.0946. The molecule has 3 nitrogen and oxygen atoms in total. The minimum Gasteiger partial charge on any atom is -0.352 e. The first kappa shape index (κ1) is 13.3. The predicted molar refractivity (Wildman–Crippen MR) is 85.1 cm³/mol. The van der Waals surface area contributed by atoms with Gasteiger partial charge in [0, 0.05) is 26.8 Å². The number of amides is 1. The lowest BCUT2D eigenvalue weighted by Crippen LogP contribution is -2.32. The molecule has 0 unspecified atom stereocenters. The lowest BCUT2D eigenvalue weighted by Gasteiger charge is -2.16. The van der Waals surface area contributed by atoms with Gasteiger partial charge in [0.1, 0.15) is 0 Å². The quantitative estimate of drug-likeness (QED) is 0.647. The van der Waals surface area contributed by atoms with Crippen molar-refractivity contribution in [2.45, 2.75) is 6.42 Å². The fourth-order valence-electron chi connectivity index (χ4n) is 2.35. The van der Waals surface area contributed by atoms with Gasteiger partial charge in [-0.1, -0.05) is 24.3 Å². The molecule has 0 aromatic heterocycles. The molecular formula is C16H12INO2. The molecule has 2 aromatic rings. The van der Waals surface area contributed by atoms with Gasteiger partial charge in [0.25, 0.3) is 5.91 Å². The van der Waals surface area contributed by atoms with Gasteiger partial charge in [-0.15, -0.1) is 0 Å². The van der Waals surface area contributed by atoms with Crippen molar-refractivity contribution >= 4 is 34.3 Å². The van der Waals surface area contributed by atoms with Crippen LogP contribution in [0.25, 0.3) is 0 Å². The van der Waals surface area contributed by atoms with Gasteiger partial charge in [-0.05, 0) is 52.8 Å². The van der Waals surface area contributed by atoms with Crippen LogP contribution in [0.2, 0.25) is 0 Å². The van der Waals surface area contributed by atoms with E-state index in [2.05, 4.69) is 27.9 Å². The van der Waals surface area contributed by atoms with Crippen LogP contribution < -0.4 is 5.32 Å². The van der Waals surface area contributed by atoms with E-state index in [0.29, 0.717) is 23.2 Å². The zero-order valence-corrected chi connectivity index (χ0v) is 12.8. The number of ketones is 1. The molecule has 0 aliphatic carbocycles. The smallest absolute Gasteiger partial charge is 0.251 e. The Morgan fingerprint density at radius 2 is 1.90 bits per heavy atom. The Bertz CT molecular complexity index is 709. The Balaban J connectivity index is 2.01. The number of hydrogen-bond donors (Lipinski definition) is 1. The average Bonchev–Trinajstić information content (AvgIpc) is 2.47. The van der Waals surface area contributed by atoms with Crippen LogP contribution in [-0.2, 0) is 6.42 Å². The Morgan fingerprint density at radius 3 is 2.70 bits per heavy atom. The molecule has 0 saturated carbocycles. The number of hydrogen-bond acceptors (Lipinski definition) is 2. The van der Waals surface area contributed by atoms with Crippen molar-refractivity contribution in [3.8, 4) is 0 Å². The van der Waals surface area contributed by atoms with Crippen molar-refractivity contribution in [1.29, 1.82) is 0 Å². The monoisotopic (exact) mass is 377 g/mol.